The van der Waals surface area contributed by atoms with Crippen molar-refractivity contribution in [1.29, 1.82) is 0 Å². The molecule has 0 rings (SSSR count). The van der Waals surface area contributed by atoms with Gasteiger partial charge in [0.05, 0.1) is 0 Å². The fourth-order valence-corrected chi connectivity index (χ4v) is 1.06. The van der Waals surface area contributed by atoms with Crippen molar-refractivity contribution in [1.82, 2.24) is 21.3 Å². The molecular formula is C9H17N5O5. The van der Waals surface area contributed by atoms with E-state index in [1.807, 2.05) is 10.6 Å². The maximum atomic E-state index is 11.4. The van der Waals surface area contributed by atoms with Crippen molar-refractivity contribution < 1.29 is 23.9 Å². The molecular weight excluding hydrogens is 258 g/mol. The molecule has 0 aromatic carbocycles. The summed E-state index contributed by atoms with van der Waals surface area (Å²) >= 11 is 0. The van der Waals surface area contributed by atoms with E-state index >= 15 is 0 Å². The molecule has 10 nitrogen and oxygen atoms in total. The standard InChI is InChI=1S/C9H17N5O5/c1-4-12-8(18)14-9(6(10)16,19-5(2)15)13-7(17)11-3/h4H2,1-3H3,(H2,10,16)(H2,11,13,17)(H2,12,14,18). The van der Waals surface area contributed by atoms with Gasteiger partial charge >= 0.3 is 29.8 Å². The molecule has 0 saturated carbocycles. The fraction of sp³-hybridized carbons (Fsp3) is 0.556. The van der Waals surface area contributed by atoms with Crippen LogP contribution < -0.4 is 27.0 Å². The molecule has 6 N–H and O–H groups in total. The van der Waals surface area contributed by atoms with Crippen LogP contribution in [0.5, 0.6) is 0 Å². The summed E-state index contributed by atoms with van der Waals surface area (Å²) in [6.07, 6.45) is 0. The molecule has 0 aliphatic carbocycles. The van der Waals surface area contributed by atoms with E-state index in [1.165, 1.54) is 7.05 Å². The highest BCUT2D eigenvalue weighted by Crippen LogP contribution is 2.03. The van der Waals surface area contributed by atoms with E-state index in [4.69, 9.17) is 5.73 Å². The van der Waals surface area contributed by atoms with Gasteiger partial charge < -0.3 is 21.1 Å². The number of hydrogen-bond acceptors (Lipinski definition) is 5. The minimum absolute atomic E-state index is 0.251. The minimum atomic E-state index is -2.47. The Kier molecular flexibility index (Phi) is 6.10. The van der Waals surface area contributed by atoms with Crippen molar-refractivity contribution in [2.75, 3.05) is 13.6 Å². The van der Waals surface area contributed by atoms with Crippen molar-refractivity contribution in [3.63, 3.8) is 0 Å². The number of urea groups is 2. The second kappa shape index (κ2) is 7.03. The summed E-state index contributed by atoms with van der Waals surface area (Å²) in [6.45, 7) is 2.87. The summed E-state index contributed by atoms with van der Waals surface area (Å²) in [4.78, 5) is 45.1. The summed E-state index contributed by atoms with van der Waals surface area (Å²) in [5.41, 5.74) is 5.07. The molecule has 1 atom stereocenters. The number of rotatable bonds is 5. The van der Waals surface area contributed by atoms with E-state index < -0.39 is 29.8 Å². The number of esters is 1. The van der Waals surface area contributed by atoms with Crippen LogP contribution in [0.15, 0.2) is 0 Å². The lowest BCUT2D eigenvalue weighted by Gasteiger charge is -2.30. The number of nitrogens with one attached hydrogen (secondary N) is 4. The Bertz CT molecular complexity index is 385. The maximum absolute atomic E-state index is 11.4. The molecule has 0 radical (unpaired) electrons. The van der Waals surface area contributed by atoms with E-state index in [-0.39, 0.29) is 6.54 Å². The molecule has 0 aliphatic rings. The molecule has 10 heteroatoms. The van der Waals surface area contributed by atoms with Crippen LogP contribution in [0.4, 0.5) is 9.59 Å². The van der Waals surface area contributed by atoms with Crippen LogP contribution in [-0.2, 0) is 14.3 Å². The van der Waals surface area contributed by atoms with Crippen molar-refractivity contribution >= 4 is 23.9 Å². The van der Waals surface area contributed by atoms with E-state index in [2.05, 4.69) is 15.4 Å². The summed E-state index contributed by atoms with van der Waals surface area (Å²) < 4.78 is 4.63. The first kappa shape index (κ1) is 16.5. The molecule has 0 saturated heterocycles. The zero-order valence-corrected chi connectivity index (χ0v) is 10.8. The first-order chi connectivity index (χ1) is 8.77. The van der Waals surface area contributed by atoms with Crippen molar-refractivity contribution in [3.05, 3.63) is 0 Å². The Morgan fingerprint density at radius 2 is 1.68 bits per heavy atom. The lowest BCUT2D eigenvalue weighted by molar-refractivity contribution is -0.170. The van der Waals surface area contributed by atoms with Crippen LogP contribution >= 0.6 is 0 Å². The van der Waals surface area contributed by atoms with Crippen LogP contribution in [-0.4, -0.2) is 43.4 Å². The second-order valence-corrected chi connectivity index (χ2v) is 3.33. The molecule has 19 heavy (non-hydrogen) atoms. The molecule has 0 aromatic heterocycles. The zero-order valence-electron chi connectivity index (χ0n) is 10.8. The van der Waals surface area contributed by atoms with Gasteiger partial charge in [0.1, 0.15) is 0 Å². The SMILES string of the molecule is CCNC(=O)NC(NC(=O)NC)(OC(C)=O)C(N)=O. The van der Waals surface area contributed by atoms with E-state index in [0.29, 0.717) is 0 Å². The monoisotopic (exact) mass is 275 g/mol. The molecule has 0 fully saturated rings. The zero-order chi connectivity index (χ0) is 15.1. The largest absolute Gasteiger partial charge is 0.411 e. The summed E-state index contributed by atoms with van der Waals surface area (Å²) in [5.74, 6) is -4.66. The highest BCUT2D eigenvalue weighted by atomic mass is 16.6. The maximum Gasteiger partial charge on any atom is 0.350 e. The highest BCUT2D eigenvalue weighted by molar-refractivity contribution is 5.93. The van der Waals surface area contributed by atoms with E-state index in [1.54, 1.807) is 6.92 Å². The van der Waals surface area contributed by atoms with Gasteiger partial charge in [-0.25, -0.2) is 9.59 Å². The topological polar surface area (TPSA) is 152 Å². The molecule has 1 unspecified atom stereocenters. The predicted octanol–water partition coefficient (Wildman–Crippen LogP) is -2.06. The van der Waals surface area contributed by atoms with Crippen molar-refractivity contribution in [3.8, 4) is 0 Å². The third kappa shape index (κ3) is 5.10. The average Bonchev–Trinajstić information content (AvgIpc) is 2.27. The summed E-state index contributed by atoms with van der Waals surface area (Å²) in [6, 6.07) is -1.73. The summed E-state index contributed by atoms with van der Waals surface area (Å²) in [7, 11) is 1.26. The van der Waals surface area contributed by atoms with Crippen LogP contribution in [0.1, 0.15) is 13.8 Å². The molecule has 5 amide bonds. The van der Waals surface area contributed by atoms with Gasteiger partial charge in [0, 0.05) is 20.5 Å². The van der Waals surface area contributed by atoms with Gasteiger partial charge in [-0.05, 0) is 6.92 Å². The lowest BCUT2D eigenvalue weighted by Crippen LogP contribution is -2.71. The molecule has 0 heterocycles. The Hall–Kier alpha value is -2.52. The lowest BCUT2D eigenvalue weighted by atomic mass is 10.3. The number of hydrogen-bond donors (Lipinski definition) is 5. The second-order valence-electron chi connectivity index (χ2n) is 3.33. The number of primary amides is 1. The van der Waals surface area contributed by atoms with Crippen molar-refractivity contribution in [2.24, 2.45) is 5.73 Å². The predicted molar refractivity (Wildman–Crippen MR) is 63.5 cm³/mol. The first-order valence-electron chi connectivity index (χ1n) is 5.32. The Labute approximate surface area is 109 Å². The molecule has 108 valence electrons. The van der Waals surface area contributed by atoms with Gasteiger partial charge in [-0.3, -0.25) is 20.2 Å². The number of carbonyl (C=O) groups is 4. The van der Waals surface area contributed by atoms with Gasteiger partial charge in [0.2, 0.25) is 0 Å². The highest BCUT2D eigenvalue weighted by Gasteiger charge is 2.44. The summed E-state index contributed by atoms with van der Waals surface area (Å²) in [5, 5.41) is 8.38. The van der Waals surface area contributed by atoms with Gasteiger partial charge in [0.25, 0.3) is 0 Å². The molecule has 0 bridgehead atoms. The number of carbonyl (C=O) groups excluding carboxylic acids is 4. The van der Waals surface area contributed by atoms with Crippen LogP contribution in [0.25, 0.3) is 0 Å². The Morgan fingerprint density at radius 1 is 1.16 bits per heavy atom. The van der Waals surface area contributed by atoms with Gasteiger partial charge in [-0.1, -0.05) is 0 Å². The average molecular weight is 275 g/mol. The van der Waals surface area contributed by atoms with Gasteiger partial charge in [-0.2, -0.15) is 0 Å². The van der Waals surface area contributed by atoms with Crippen LogP contribution in [0, 0.1) is 0 Å². The quantitative estimate of drug-likeness (QED) is 0.288. The normalized spacial score (nSPS) is 12.6. The van der Waals surface area contributed by atoms with Gasteiger partial charge in [0.15, 0.2) is 0 Å². The Balaban J connectivity index is 5.24. The van der Waals surface area contributed by atoms with Crippen LogP contribution in [0.2, 0.25) is 0 Å². The molecule has 0 aliphatic heterocycles. The smallest absolute Gasteiger partial charge is 0.350 e. The molecule has 0 spiro atoms. The number of nitrogens with two attached hydrogens (primary N) is 1. The Morgan fingerprint density at radius 3 is 2.05 bits per heavy atom. The third-order valence-corrected chi connectivity index (χ3v) is 1.79. The van der Waals surface area contributed by atoms with Crippen LogP contribution in [0.3, 0.4) is 0 Å². The first-order valence-corrected chi connectivity index (χ1v) is 5.32. The third-order valence-electron chi connectivity index (χ3n) is 1.79. The fourth-order valence-electron chi connectivity index (χ4n) is 1.06. The minimum Gasteiger partial charge on any atom is -0.411 e. The van der Waals surface area contributed by atoms with Crippen molar-refractivity contribution in [2.45, 2.75) is 19.7 Å². The van der Waals surface area contributed by atoms with E-state index in [0.717, 1.165) is 6.92 Å². The van der Waals surface area contributed by atoms with E-state index in [9.17, 15) is 19.2 Å². The van der Waals surface area contributed by atoms with Gasteiger partial charge in [-0.15, -0.1) is 0 Å². The number of ether oxygens (including phenoxy) is 1. The number of amides is 5. The molecule has 0 aromatic rings.